The van der Waals surface area contributed by atoms with Crippen molar-refractivity contribution in [2.24, 2.45) is 0 Å². The maximum absolute atomic E-state index is 11.6. The average molecular weight is 373 g/mol. The number of hydrogen-bond donors (Lipinski definition) is 2. The van der Waals surface area contributed by atoms with Crippen LogP contribution in [0.25, 0.3) is 0 Å². The predicted octanol–water partition coefficient (Wildman–Crippen LogP) is 1.66. The van der Waals surface area contributed by atoms with Crippen LogP contribution in [0.15, 0.2) is 46.1 Å². The van der Waals surface area contributed by atoms with Crippen molar-refractivity contribution in [1.29, 1.82) is 0 Å². The molecule has 1 heterocycles. The van der Waals surface area contributed by atoms with E-state index in [1.165, 1.54) is 35.2 Å². The first-order valence-electron chi connectivity index (χ1n) is 9.36. The lowest BCUT2D eigenvalue weighted by Crippen LogP contribution is -2.33. The van der Waals surface area contributed by atoms with Gasteiger partial charge in [0.1, 0.15) is 12.5 Å². The van der Waals surface area contributed by atoms with Crippen LogP contribution in [0.3, 0.4) is 0 Å². The number of aromatic amines is 1. The number of rotatable bonds is 11. The Balaban J connectivity index is 1.33. The fourth-order valence-electron chi connectivity index (χ4n) is 3.19. The number of H-pyrrole nitrogens is 1. The number of methoxy groups -OCH3 is 1. The topological polar surface area (TPSA) is 85.3 Å². The first-order chi connectivity index (χ1) is 13.1. The summed E-state index contributed by atoms with van der Waals surface area (Å²) in [5.74, 6) is 0.896. The Kier molecular flexibility index (Phi) is 6.47. The average Bonchev–Trinajstić information content (AvgIpc) is 3.43. The van der Waals surface area contributed by atoms with Gasteiger partial charge in [-0.05, 0) is 56.3 Å². The summed E-state index contributed by atoms with van der Waals surface area (Å²) in [7, 11) is 1.69. The summed E-state index contributed by atoms with van der Waals surface area (Å²) in [6, 6.07) is 9.49. The van der Waals surface area contributed by atoms with Gasteiger partial charge in [0.05, 0.1) is 7.11 Å². The Bertz CT molecular complexity index is 855. The third-order valence-corrected chi connectivity index (χ3v) is 4.97. The van der Waals surface area contributed by atoms with Crippen molar-refractivity contribution in [3.63, 3.8) is 0 Å². The zero-order valence-corrected chi connectivity index (χ0v) is 15.7. The molecule has 2 aromatic rings. The van der Waals surface area contributed by atoms with Crippen LogP contribution in [0.5, 0.6) is 5.75 Å². The molecule has 0 aliphatic heterocycles. The van der Waals surface area contributed by atoms with Crippen molar-refractivity contribution in [2.45, 2.75) is 44.4 Å². The highest BCUT2D eigenvalue weighted by Gasteiger charge is 2.40. The number of aromatic nitrogens is 2. The molecule has 3 rings (SSSR count). The van der Waals surface area contributed by atoms with Gasteiger partial charge in [-0.3, -0.25) is 14.3 Å². The Hall–Kier alpha value is -2.38. The highest BCUT2D eigenvalue weighted by Crippen LogP contribution is 2.39. The van der Waals surface area contributed by atoms with E-state index < -0.39 is 11.2 Å². The van der Waals surface area contributed by atoms with Gasteiger partial charge in [0.25, 0.3) is 5.56 Å². The largest absolute Gasteiger partial charge is 0.497 e. The van der Waals surface area contributed by atoms with E-state index in [1.54, 1.807) is 7.11 Å². The molecule has 0 unspecified atom stereocenters. The minimum atomic E-state index is -0.444. The lowest BCUT2D eigenvalue weighted by Gasteiger charge is -2.17. The molecule has 1 aromatic carbocycles. The number of ether oxygens (including phenoxy) is 2. The molecule has 1 aliphatic carbocycles. The fourth-order valence-corrected chi connectivity index (χ4v) is 3.19. The van der Waals surface area contributed by atoms with Crippen molar-refractivity contribution in [1.82, 2.24) is 14.9 Å². The molecule has 1 saturated carbocycles. The van der Waals surface area contributed by atoms with Crippen LogP contribution in [0.1, 0.15) is 31.2 Å². The van der Waals surface area contributed by atoms with Crippen molar-refractivity contribution >= 4 is 0 Å². The molecule has 7 nitrogen and oxygen atoms in total. The van der Waals surface area contributed by atoms with Crippen LogP contribution in [0, 0.1) is 0 Å². The zero-order valence-electron chi connectivity index (χ0n) is 15.7. The third-order valence-electron chi connectivity index (χ3n) is 4.97. The minimum absolute atomic E-state index is 0.159. The van der Waals surface area contributed by atoms with Gasteiger partial charge in [-0.1, -0.05) is 12.1 Å². The third kappa shape index (κ3) is 5.80. The van der Waals surface area contributed by atoms with Gasteiger partial charge in [0.15, 0.2) is 0 Å². The van der Waals surface area contributed by atoms with Crippen LogP contribution in [0.2, 0.25) is 0 Å². The number of benzene rings is 1. The van der Waals surface area contributed by atoms with Gasteiger partial charge in [0, 0.05) is 24.4 Å². The molecule has 146 valence electrons. The van der Waals surface area contributed by atoms with E-state index in [1.807, 2.05) is 12.1 Å². The summed E-state index contributed by atoms with van der Waals surface area (Å²) in [5, 5.41) is 3.69. The van der Waals surface area contributed by atoms with Gasteiger partial charge in [-0.2, -0.15) is 0 Å². The Morgan fingerprint density at radius 3 is 2.85 bits per heavy atom. The lowest BCUT2D eigenvalue weighted by molar-refractivity contribution is 0.0690. The van der Waals surface area contributed by atoms with Gasteiger partial charge in [0.2, 0.25) is 0 Å². The normalized spacial score (nSPS) is 14.9. The maximum atomic E-state index is 11.6. The summed E-state index contributed by atoms with van der Waals surface area (Å²) < 4.78 is 12.2. The number of nitrogens with zero attached hydrogens (tertiary/aromatic N) is 1. The van der Waals surface area contributed by atoms with Crippen molar-refractivity contribution in [3.05, 3.63) is 62.9 Å². The SMILES string of the molecule is COc1cccc(CCNC2(CCCOCn3ccc(=O)[nH]c3=O)CC2)c1. The van der Waals surface area contributed by atoms with Crippen LogP contribution in [-0.2, 0) is 17.9 Å². The molecule has 1 fully saturated rings. The first-order valence-corrected chi connectivity index (χ1v) is 9.36. The summed E-state index contributed by atoms with van der Waals surface area (Å²) in [5.41, 5.74) is 0.677. The lowest BCUT2D eigenvalue weighted by atomic mass is 10.1. The molecular formula is C20H27N3O4. The zero-order chi connectivity index (χ0) is 19.1. The van der Waals surface area contributed by atoms with E-state index in [0.29, 0.717) is 6.61 Å². The molecule has 0 saturated heterocycles. The van der Waals surface area contributed by atoms with E-state index in [2.05, 4.69) is 22.4 Å². The summed E-state index contributed by atoms with van der Waals surface area (Å²) >= 11 is 0. The summed E-state index contributed by atoms with van der Waals surface area (Å²) in [6.07, 6.45) is 6.82. The van der Waals surface area contributed by atoms with Crippen LogP contribution >= 0.6 is 0 Å². The maximum Gasteiger partial charge on any atom is 0.330 e. The van der Waals surface area contributed by atoms with Crippen molar-refractivity contribution in [3.8, 4) is 5.75 Å². The summed E-state index contributed by atoms with van der Waals surface area (Å²) in [6.45, 7) is 1.69. The van der Waals surface area contributed by atoms with E-state index >= 15 is 0 Å². The second kappa shape index (κ2) is 9.01. The van der Waals surface area contributed by atoms with Gasteiger partial charge >= 0.3 is 5.69 Å². The fraction of sp³-hybridized carbons (Fsp3) is 0.500. The highest BCUT2D eigenvalue weighted by molar-refractivity contribution is 5.28. The van der Waals surface area contributed by atoms with E-state index in [4.69, 9.17) is 9.47 Å². The quantitative estimate of drug-likeness (QED) is 0.585. The Morgan fingerprint density at radius 2 is 2.11 bits per heavy atom. The van der Waals surface area contributed by atoms with Gasteiger partial charge in [-0.25, -0.2) is 4.79 Å². The molecule has 7 heteroatoms. The molecule has 27 heavy (non-hydrogen) atoms. The number of nitrogens with one attached hydrogen (secondary N) is 2. The van der Waals surface area contributed by atoms with Crippen molar-refractivity contribution < 1.29 is 9.47 Å². The van der Waals surface area contributed by atoms with E-state index in [9.17, 15) is 9.59 Å². The Labute approximate surface area is 158 Å². The molecule has 0 radical (unpaired) electrons. The molecule has 0 spiro atoms. The van der Waals surface area contributed by atoms with Crippen LogP contribution in [0.4, 0.5) is 0 Å². The second-order valence-electron chi connectivity index (χ2n) is 7.03. The molecule has 1 aliphatic rings. The molecule has 2 N–H and O–H groups in total. The highest BCUT2D eigenvalue weighted by atomic mass is 16.5. The molecule has 0 bridgehead atoms. The second-order valence-corrected chi connectivity index (χ2v) is 7.03. The molecule has 1 aromatic heterocycles. The standard InChI is InChI=1S/C20H27N3O4/c1-26-17-5-2-4-16(14-17)6-11-21-20(9-10-20)8-3-13-27-15-23-12-7-18(24)22-19(23)25/h2,4-5,7,12,14,21H,3,6,8-11,13,15H2,1H3,(H,22,24,25). The van der Waals surface area contributed by atoms with Crippen LogP contribution in [-0.4, -0.2) is 35.4 Å². The summed E-state index contributed by atoms with van der Waals surface area (Å²) in [4.78, 5) is 24.8. The van der Waals surface area contributed by atoms with Gasteiger partial charge in [-0.15, -0.1) is 0 Å². The molecule has 0 amide bonds. The van der Waals surface area contributed by atoms with Gasteiger partial charge < -0.3 is 14.8 Å². The smallest absolute Gasteiger partial charge is 0.330 e. The molecule has 0 atom stereocenters. The monoisotopic (exact) mass is 373 g/mol. The van der Waals surface area contributed by atoms with E-state index in [0.717, 1.165) is 31.6 Å². The Morgan fingerprint density at radius 1 is 1.26 bits per heavy atom. The first kappa shape index (κ1) is 19.4. The van der Waals surface area contributed by atoms with E-state index in [-0.39, 0.29) is 12.3 Å². The minimum Gasteiger partial charge on any atom is -0.497 e. The van der Waals surface area contributed by atoms with Crippen molar-refractivity contribution in [2.75, 3.05) is 20.3 Å². The molecular weight excluding hydrogens is 346 g/mol. The van der Waals surface area contributed by atoms with Crippen LogP contribution < -0.4 is 21.3 Å². The number of hydrogen-bond acceptors (Lipinski definition) is 5. The predicted molar refractivity (Wildman–Crippen MR) is 103 cm³/mol.